The maximum absolute atomic E-state index is 11.8. The second-order valence-electron chi connectivity index (χ2n) is 4.94. The molecule has 1 saturated heterocycles. The highest BCUT2D eigenvalue weighted by Crippen LogP contribution is 2.20. The lowest BCUT2D eigenvalue weighted by Crippen LogP contribution is -2.35. The van der Waals surface area contributed by atoms with Crippen molar-refractivity contribution in [2.75, 3.05) is 24.2 Å². The molecule has 1 heterocycles. The summed E-state index contributed by atoms with van der Waals surface area (Å²) in [5, 5.41) is 0. The van der Waals surface area contributed by atoms with E-state index < -0.39 is 10.0 Å². The first-order chi connectivity index (χ1) is 9.96. The van der Waals surface area contributed by atoms with Crippen LogP contribution < -0.4 is 9.62 Å². The van der Waals surface area contributed by atoms with Crippen LogP contribution in [0.2, 0.25) is 0 Å². The summed E-state index contributed by atoms with van der Waals surface area (Å²) in [5.41, 5.74) is 1.68. The smallest absolute Gasteiger partial charge is 0.226 e. The molecule has 0 saturated carbocycles. The highest BCUT2D eigenvalue weighted by atomic mass is 32.2. The summed E-state index contributed by atoms with van der Waals surface area (Å²) < 4.78 is 24.1. The minimum Gasteiger partial charge on any atom is -0.312 e. The zero-order chi connectivity index (χ0) is 15.3. The molecule has 0 radical (unpaired) electrons. The third-order valence-corrected chi connectivity index (χ3v) is 3.83. The van der Waals surface area contributed by atoms with Crippen molar-refractivity contribution in [3.05, 3.63) is 29.8 Å². The molecule has 0 bridgehead atoms. The van der Waals surface area contributed by atoms with Crippen molar-refractivity contribution in [1.82, 2.24) is 4.72 Å². The molecule has 0 unspecified atom stereocenters. The van der Waals surface area contributed by atoms with E-state index >= 15 is 0 Å². The van der Waals surface area contributed by atoms with E-state index in [-0.39, 0.29) is 12.5 Å². The van der Waals surface area contributed by atoms with Gasteiger partial charge in [0.1, 0.15) is 0 Å². The summed E-state index contributed by atoms with van der Waals surface area (Å²) in [7, 11) is -3.20. The number of carbonyl (C=O) groups is 1. The summed E-state index contributed by atoms with van der Waals surface area (Å²) >= 11 is 0. The first-order valence-corrected chi connectivity index (χ1v) is 8.69. The molecule has 112 valence electrons. The van der Waals surface area contributed by atoms with Crippen LogP contribution in [0.25, 0.3) is 0 Å². The molecule has 1 aliphatic rings. The Balaban J connectivity index is 1.99. The van der Waals surface area contributed by atoms with Gasteiger partial charge in [0.05, 0.1) is 12.8 Å². The minimum atomic E-state index is -3.20. The topological polar surface area (TPSA) is 66.5 Å². The number of sulfonamides is 1. The van der Waals surface area contributed by atoms with E-state index in [0.717, 1.165) is 36.9 Å². The largest absolute Gasteiger partial charge is 0.312 e. The normalized spacial score (nSPS) is 15.5. The number of amides is 1. The average Bonchev–Trinajstić information content (AvgIpc) is 2.44. The Hall–Kier alpha value is -1.84. The molecular weight excluding hydrogens is 288 g/mol. The maximum Gasteiger partial charge on any atom is 0.226 e. The fourth-order valence-corrected chi connectivity index (χ4v) is 2.45. The van der Waals surface area contributed by atoms with Gasteiger partial charge in [0.25, 0.3) is 0 Å². The van der Waals surface area contributed by atoms with Crippen LogP contribution in [0.1, 0.15) is 24.8 Å². The second-order valence-corrected chi connectivity index (χ2v) is 6.78. The molecule has 0 spiro atoms. The van der Waals surface area contributed by atoms with Gasteiger partial charge in [-0.25, -0.2) is 13.1 Å². The van der Waals surface area contributed by atoms with Crippen molar-refractivity contribution in [1.29, 1.82) is 0 Å². The zero-order valence-corrected chi connectivity index (χ0v) is 12.7. The van der Waals surface area contributed by atoms with Crippen molar-refractivity contribution >= 4 is 21.6 Å². The summed E-state index contributed by atoms with van der Waals surface area (Å²) in [4.78, 5) is 13.6. The first-order valence-electron chi connectivity index (χ1n) is 6.80. The van der Waals surface area contributed by atoms with Crippen molar-refractivity contribution < 1.29 is 13.2 Å². The van der Waals surface area contributed by atoms with Crippen LogP contribution in [0.15, 0.2) is 24.3 Å². The Morgan fingerprint density at radius 2 is 1.95 bits per heavy atom. The number of hydrogen-bond acceptors (Lipinski definition) is 3. The van der Waals surface area contributed by atoms with E-state index in [0.29, 0.717) is 6.42 Å². The van der Waals surface area contributed by atoms with E-state index in [4.69, 9.17) is 0 Å². The van der Waals surface area contributed by atoms with Crippen LogP contribution in [0.3, 0.4) is 0 Å². The Kier molecular flexibility index (Phi) is 4.99. The van der Waals surface area contributed by atoms with Gasteiger partial charge in [-0.3, -0.25) is 4.79 Å². The average molecular weight is 306 g/mol. The Bertz CT molecular complexity index is 669. The Morgan fingerprint density at radius 3 is 2.57 bits per heavy atom. The van der Waals surface area contributed by atoms with Gasteiger partial charge < -0.3 is 4.90 Å². The molecule has 1 aliphatic heterocycles. The summed E-state index contributed by atoms with van der Waals surface area (Å²) in [5.74, 6) is 5.79. The van der Waals surface area contributed by atoms with Gasteiger partial charge in [0.2, 0.25) is 15.9 Å². The number of nitrogens with zero attached hydrogens (tertiary/aromatic N) is 1. The van der Waals surface area contributed by atoms with E-state index in [1.54, 1.807) is 4.90 Å². The van der Waals surface area contributed by atoms with Gasteiger partial charge in [-0.15, -0.1) is 0 Å². The number of anilines is 1. The molecule has 0 aliphatic carbocycles. The summed E-state index contributed by atoms with van der Waals surface area (Å²) in [6, 6.07) is 7.42. The Labute approximate surface area is 125 Å². The van der Waals surface area contributed by atoms with Crippen LogP contribution in [-0.4, -0.2) is 33.7 Å². The van der Waals surface area contributed by atoms with Gasteiger partial charge >= 0.3 is 0 Å². The molecule has 0 atom stereocenters. The van der Waals surface area contributed by atoms with Gasteiger partial charge in [-0.1, -0.05) is 11.8 Å². The van der Waals surface area contributed by atoms with Crippen LogP contribution in [-0.2, 0) is 14.8 Å². The van der Waals surface area contributed by atoms with Gasteiger partial charge in [0, 0.05) is 24.2 Å². The third kappa shape index (κ3) is 4.88. The molecule has 21 heavy (non-hydrogen) atoms. The molecule has 1 fully saturated rings. The monoisotopic (exact) mass is 306 g/mol. The number of hydrogen-bond donors (Lipinski definition) is 1. The van der Waals surface area contributed by atoms with Gasteiger partial charge in [0.15, 0.2) is 0 Å². The molecule has 0 aromatic heterocycles. The molecule has 1 amide bonds. The van der Waals surface area contributed by atoms with Crippen LogP contribution in [0.5, 0.6) is 0 Å². The van der Waals surface area contributed by atoms with E-state index in [1.165, 1.54) is 0 Å². The zero-order valence-electron chi connectivity index (χ0n) is 11.9. The van der Waals surface area contributed by atoms with E-state index in [1.807, 2.05) is 24.3 Å². The maximum atomic E-state index is 11.8. The van der Waals surface area contributed by atoms with Crippen molar-refractivity contribution in [2.45, 2.75) is 19.3 Å². The summed E-state index contributed by atoms with van der Waals surface area (Å²) in [6.45, 7) is 0.854. The minimum absolute atomic E-state index is 0.0885. The SMILES string of the molecule is CS(=O)(=O)NCC#Cc1ccc(N2CCCCC2=O)cc1. The number of nitrogens with one attached hydrogen (secondary N) is 1. The molecule has 1 aromatic carbocycles. The molecule has 1 aromatic rings. The highest BCUT2D eigenvalue weighted by molar-refractivity contribution is 7.88. The van der Waals surface area contributed by atoms with Crippen LogP contribution in [0.4, 0.5) is 5.69 Å². The fraction of sp³-hybridized carbons (Fsp3) is 0.400. The van der Waals surface area contributed by atoms with Crippen LogP contribution in [0, 0.1) is 11.8 Å². The highest BCUT2D eigenvalue weighted by Gasteiger charge is 2.18. The molecule has 2 rings (SSSR count). The Morgan fingerprint density at radius 1 is 1.24 bits per heavy atom. The molecule has 5 nitrogen and oxygen atoms in total. The first kappa shape index (κ1) is 15.5. The predicted octanol–water partition coefficient (Wildman–Crippen LogP) is 1.10. The second kappa shape index (κ2) is 6.74. The fourth-order valence-electron chi connectivity index (χ4n) is 2.12. The van der Waals surface area contributed by atoms with Crippen molar-refractivity contribution in [3.8, 4) is 11.8 Å². The van der Waals surface area contributed by atoms with E-state index in [2.05, 4.69) is 16.6 Å². The standard InChI is InChI=1S/C15H18N2O3S/c1-21(19,20)16-11-4-5-13-7-9-14(10-8-13)17-12-3-2-6-15(17)18/h7-10,16H,2-3,6,11-12H2,1H3. The number of piperidine rings is 1. The quantitative estimate of drug-likeness (QED) is 0.851. The van der Waals surface area contributed by atoms with Crippen LogP contribution >= 0.6 is 0 Å². The van der Waals surface area contributed by atoms with Crippen molar-refractivity contribution in [2.24, 2.45) is 0 Å². The lowest BCUT2D eigenvalue weighted by Gasteiger charge is -2.26. The summed E-state index contributed by atoms with van der Waals surface area (Å²) in [6.07, 6.45) is 3.70. The van der Waals surface area contributed by atoms with Gasteiger partial charge in [-0.2, -0.15) is 0 Å². The third-order valence-electron chi connectivity index (χ3n) is 3.16. The van der Waals surface area contributed by atoms with E-state index in [9.17, 15) is 13.2 Å². The molecular formula is C15H18N2O3S. The predicted molar refractivity (Wildman–Crippen MR) is 82.4 cm³/mol. The lowest BCUT2D eigenvalue weighted by molar-refractivity contribution is -0.119. The lowest BCUT2D eigenvalue weighted by atomic mass is 10.1. The number of benzene rings is 1. The molecule has 1 N–H and O–H groups in total. The molecule has 6 heteroatoms. The van der Waals surface area contributed by atoms with Crippen molar-refractivity contribution in [3.63, 3.8) is 0 Å². The number of carbonyl (C=O) groups excluding carboxylic acids is 1. The number of rotatable bonds is 3. The van der Waals surface area contributed by atoms with Gasteiger partial charge in [-0.05, 0) is 37.1 Å².